The minimum absolute atomic E-state index is 0.155. The molecule has 0 amide bonds. The number of carbonyl (C=O) groups is 1. The van der Waals surface area contributed by atoms with Crippen molar-refractivity contribution in [1.29, 1.82) is 0 Å². The van der Waals surface area contributed by atoms with E-state index in [2.05, 4.69) is 42.2 Å². The van der Waals surface area contributed by atoms with Crippen molar-refractivity contribution in [3.63, 3.8) is 0 Å². The molecule has 102 valence electrons. The maximum Gasteiger partial charge on any atom is 0.306 e. The third kappa shape index (κ3) is 2.16. The molecule has 0 aromatic heterocycles. The molecule has 19 heavy (non-hydrogen) atoms. The van der Waals surface area contributed by atoms with Crippen LogP contribution in [0.4, 0.5) is 0 Å². The van der Waals surface area contributed by atoms with Crippen LogP contribution in [-0.2, 0) is 10.3 Å². The Hall–Kier alpha value is -1.35. The standard InChI is InChI=1S/C16H21NO2/c1-12-11-13(15(18)19)7-10-17(12)16(8-9-16)14-5-3-2-4-6-14/h2-6,12-13H,7-11H2,1H3,(H,18,19). The van der Waals surface area contributed by atoms with Gasteiger partial charge < -0.3 is 5.11 Å². The molecule has 1 heterocycles. The highest BCUT2D eigenvalue weighted by molar-refractivity contribution is 5.70. The number of piperidine rings is 1. The first kappa shape index (κ1) is 12.7. The van der Waals surface area contributed by atoms with Gasteiger partial charge in [0.15, 0.2) is 0 Å². The van der Waals surface area contributed by atoms with Crippen molar-refractivity contribution < 1.29 is 9.90 Å². The van der Waals surface area contributed by atoms with Gasteiger partial charge in [0, 0.05) is 18.1 Å². The topological polar surface area (TPSA) is 40.5 Å². The summed E-state index contributed by atoms with van der Waals surface area (Å²) in [6, 6.07) is 11.0. The van der Waals surface area contributed by atoms with Gasteiger partial charge in [0.25, 0.3) is 0 Å². The van der Waals surface area contributed by atoms with E-state index in [-0.39, 0.29) is 11.5 Å². The summed E-state index contributed by atoms with van der Waals surface area (Å²) in [5.41, 5.74) is 1.60. The third-order valence-corrected chi connectivity index (χ3v) is 4.81. The zero-order valence-corrected chi connectivity index (χ0v) is 11.4. The highest BCUT2D eigenvalue weighted by Gasteiger charge is 2.52. The summed E-state index contributed by atoms with van der Waals surface area (Å²) in [4.78, 5) is 13.7. The summed E-state index contributed by atoms with van der Waals surface area (Å²) in [6.07, 6.45) is 3.98. The van der Waals surface area contributed by atoms with Crippen molar-refractivity contribution in [1.82, 2.24) is 4.90 Å². The molecule has 3 rings (SSSR count). The third-order valence-electron chi connectivity index (χ3n) is 4.81. The van der Waals surface area contributed by atoms with Crippen LogP contribution in [0.25, 0.3) is 0 Å². The fourth-order valence-corrected chi connectivity index (χ4v) is 3.64. The van der Waals surface area contributed by atoms with Crippen LogP contribution >= 0.6 is 0 Å². The predicted molar refractivity (Wildman–Crippen MR) is 73.9 cm³/mol. The molecule has 1 saturated heterocycles. The van der Waals surface area contributed by atoms with Crippen LogP contribution in [0.5, 0.6) is 0 Å². The van der Waals surface area contributed by atoms with Crippen molar-refractivity contribution in [2.45, 2.75) is 44.2 Å². The second-order valence-corrected chi connectivity index (χ2v) is 6.00. The molecule has 1 N–H and O–H groups in total. The number of nitrogens with zero attached hydrogens (tertiary/aromatic N) is 1. The van der Waals surface area contributed by atoms with Crippen molar-refractivity contribution in [3.05, 3.63) is 35.9 Å². The smallest absolute Gasteiger partial charge is 0.306 e. The first-order valence-corrected chi connectivity index (χ1v) is 7.18. The molecule has 2 unspecified atom stereocenters. The molecule has 1 saturated carbocycles. The van der Waals surface area contributed by atoms with Gasteiger partial charge in [0.1, 0.15) is 0 Å². The zero-order valence-electron chi connectivity index (χ0n) is 11.4. The quantitative estimate of drug-likeness (QED) is 0.907. The number of carboxylic acid groups (broad SMARTS) is 1. The van der Waals surface area contributed by atoms with Crippen LogP contribution < -0.4 is 0 Å². The first-order chi connectivity index (χ1) is 9.13. The van der Waals surface area contributed by atoms with Crippen LogP contribution in [0.15, 0.2) is 30.3 Å². The Morgan fingerprint density at radius 3 is 2.53 bits per heavy atom. The van der Waals surface area contributed by atoms with Crippen LogP contribution in [0, 0.1) is 5.92 Å². The molecule has 2 atom stereocenters. The monoisotopic (exact) mass is 259 g/mol. The van der Waals surface area contributed by atoms with Crippen LogP contribution in [0.2, 0.25) is 0 Å². The second kappa shape index (κ2) is 4.64. The Bertz CT molecular complexity index is 467. The molecule has 0 spiro atoms. The molecule has 2 fully saturated rings. The Morgan fingerprint density at radius 1 is 1.32 bits per heavy atom. The van der Waals surface area contributed by atoms with E-state index >= 15 is 0 Å². The molecule has 0 radical (unpaired) electrons. The van der Waals surface area contributed by atoms with Gasteiger partial charge in [-0.15, -0.1) is 0 Å². The number of benzene rings is 1. The van der Waals surface area contributed by atoms with Crippen molar-refractivity contribution in [2.75, 3.05) is 6.54 Å². The van der Waals surface area contributed by atoms with E-state index in [0.29, 0.717) is 6.04 Å². The van der Waals surface area contributed by atoms with E-state index in [1.54, 1.807) is 0 Å². The van der Waals surface area contributed by atoms with Crippen molar-refractivity contribution in [3.8, 4) is 0 Å². The lowest BCUT2D eigenvalue weighted by molar-refractivity contribution is -0.144. The SMILES string of the molecule is CC1CC(C(=O)O)CCN1C1(c2ccccc2)CC1. The molecule has 1 aliphatic heterocycles. The van der Waals surface area contributed by atoms with E-state index in [4.69, 9.17) is 5.11 Å². The number of carboxylic acids is 1. The summed E-state index contributed by atoms with van der Waals surface area (Å²) in [5, 5.41) is 9.16. The Kier molecular flexibility index (Phi) is 3.09. The normalized spacial score (nSPS) is 29.9. The maximum atomic E-state index is 11.1. The van der Waals surface area contributed by atoms with Gasteiger partial charge in [0.05, 0.1) is 5.92 Å². The van der Waals surface area contributed by atoms with Crippen molar-refractivity contribution >= 4 is 5.97 Å². The van der Waals surface area contributed by atoms with Gasteiger partial charge in [-0.25, -0.2) is 0 Å². The fraction of sp³-hybridized carbons (Fsp3) is 0.562. The molecular formula is C16H21NO2. The predicted octanol–water partition coefficient (Wildman–Crippen LogP) is 2.86. The molecule has 1 aromatic rings. The van der Waals surface area contributed by atoms with Gasteiger partial charge in [-0.3, -0.25) is 9.69 Å². The summed E-state index contributed by atoms with van der Waals surface area (Å²) >= 11 is 0. The molecule has 3 nitrogen and oxygen atoms in total. The number of hydrogen-bond acceptors (Lipinski definition) is 2. The van der Waals surface area contributed by atoms with Gasteiger partial charge in [-0.1, -0.05) is 30.3 Å². The first-order valence-electron chi connectivity index (χ1n) is 7.18. The molecule has 1 aliphatic carbocycles. The maximum absolute atomic E-state index is 11.1. The average Bonchev–Trinajstić information content (AvgIpc) is 3.21. The number of aliphatic carboxylic acids is 1. The van der Waals surface area contributed by atoms with E-state index in [0.717, 1.165) is 19.4 Å². The Morgan fingerprint density at radius 2 is 2.00 bits per heavy atom. The molecule has 3 heteroatoms. The van der Waals surface area contributed by atoms with E-state index < -0.39 is 5.97 Å². The van der Waals surface area contributed by atoms with E-state index in [1.165, 1.54) is 18.4 Å². The molecule has 2 aliphatic rings. The Balaban J connectivity index is 1.79. The average molecular weight is 259 g/mol. The summed E-state index contributed by atoms with van der Waals surface area (Å²) < 4.78 is 0. The van der Waals surface area contributed by atoms with Gasteiger partial charge in [0.2, 0.25) is 0 Å². The molecular weight excluding hydrogens is 238 g/mol. The molecule has 0 bridgehead atoms. The highest BCUT2D eigenvalue weighted by atomic mass is 16.4. The largest absolute Gasteiger partial charge is 0.481 e. The summed E-state index contributed by atoms with van der Waals surface area (Å²) in [5.74, 6) is -0.783. The van der Waals surface area contributed by atoms with E-state index in [1.807, 2.05) is 0 Å². The number of rotatable bonds is 3. The van der Waals surface area contributed by atoms with Crippen LogP contribution in [0.1, 0.15) is 38.2 Å². The second-order valence-electron chi connectivity index (χ2n) is 6.00. The van der Waals surface area contributed by atoms with Crippen LogP contribution in [-0.4, -0.2) is 28.6 Å². The van der Waals surface area contributed by atoms with Gasteiger partial charge in [-0.2, -0.15) is 0 Å². The van der Waals surface area contributed by atoms with Gasteiger partial charge >= 0.3 is 5.97 Å². The number of likely N-dealkylation sites (tertiary alicyclic amines) is 1. The summed E-state index contributed by atoms with van der Waals surface area (Å²) in [7, 11) is 0. The Labute approximate surface area is 114 Å². The lowest BCUT2D eigenvalue weighted by atomic mass is 9.88. The van der Waals surface area contributed by atoms with Crippen molar-refractivity contribution in [2.24, 2.45) is 5.92 Å². The number of hydrogen-bond donors (Lipinski definition) is 1. The molecule has 1 aromatic carbocycles. The summed E-state index contributed by atoms with van der Waals surface area (Å²) in [6.45, 7) is 3.09. The fourth-order valence-electron chi connectivity index (χ4n) is 3.64. The lowest BCUT2D eigenvalue weighted by Gasteiger charge is -2.42. The minimum atomic E-state index is -0.629. The van der Waals surface area contributed by atoms with E-state index in [9.17, 15) is 4.79 Å². The minimum Gasteiger partial charge on any atom is -0.481 e. The highest BCUT2D eigenvalue weighted by Crippen LogP contribution is 2.53. The van der Waals surface area contributed by atoms with Crippen LogP contribution in [0.3, 0.4) is 0 Å². The van der Waals surface area contributed by atoms with Gasteiger partial charge in [-0.05, 0) is 38.2 Å². The zero-order chi connectivity index (χ0) is 13.5. The lowest BCUT2D eigenvalue weighted by Crippen LogP contribution is -2.48.